The van der Waals surface area contributed by atoms with E-state index in [1.54, 1.807) is 0 Å². The topological polar surface area (TPSA) is 76.4 Å². The van der Waals surface area contributed by atoms with E-state index < -0.39 is 0 Å². The van der Waals surface area contributed by atoms with Crippen molar-refractivity contribution in [2.24, 2.45) is 17.6 Å². The number of anilines is 1. The predicted molar refractivity (Wildman–Crippen MR) is 82.2 cm³/mol. The molecule has 2 atom stereocenters. The van der Waals surface area contributed by atoms with Gasteiger partial charge in [-0.15, -0.1) is 0 Å². The van der Waals surface area contributed by atoms with E-state index in [1.807, 2.05) is 18.2 Å². The molecule has 1 saturated carbocycles. The fourth-order valence-corrected chi connectivity index (χ4v) is 3.29. The van der Waals surface area contributed by atoms with Gasteiger partial charge in [0.2, 0.25) is 5.91 Å². The van der Waals surface area contributed by atoms with Crippen molar-refractivity contribution < 1.29 is 9.53 Å². The van der Waals surface area contributed by atoms with Gasteiger partial charge in [-0.1, -0.05) is 6.42 Å². The number of benzene rings is 1. The molecule has 1 heterocycles. The number of fused-ring (bicyclic) bond motifs is 1. The maximum atomic E-state index is 12.4. The minimum atomic E-state index is 0.0585. The lowest BCUT2D eigenvalue weighted by molar-refractivity contribution is -0.120. The Hall–Kier alpha value is -1.59. The van der Waals surface area contributed by atoms with E-state index in [0.717, 1.165) is 49.4 Å². The SMILES string of the molecule is NC[C@H]1CCC[C@H]1C(=O)Nc1ccc2c(c1)CNCCO2. The van der Waals surface area contributed by atoms with Gasteiger partial charge in [0.25, 0.3) is 0 Å². The molecule has 1 aromatic rings. The number of hydrogen-bond acceptors (Lipinski definition) is 4. The first-order chi connectivity index (χ1) is 10.3. The van der Waals surface area contributed by atoms with Crippen LogP contribution in [0.2, 0.25) is 0 Å². The second-order valence-electron chi connectivity index (χ2n) is 5.87. The molecule has 1 aliphatic carbocycles. The highest BCUT2D eigenvalue weighted by molar-refractivity contribution is 5.93. The molecule has 0 saturated heterocycles. The molecule has 2 aliphatic rings. The van der Waals surface area contributed by atoms with Crippen molar-refractivity contribution in [2.45, 2.75) is 25.8 Å². The summed E-state index contributed by atoms with van der Waals surface area (Å²) in [6.07, 6.45) is 3.11. The average Bonchev–Trinajstić information content (AvgIpc) is 2.86. The first-order valence-corrected chi connectivity index (χ1v) is 7.75. The van der Waals surface area contributed by atoms with Crippen molar-refractivity contribution in [1.29, 1.82) is 0 Å². The highest BCUT2D eigenvalue weighted by Gasteiger charge is 2.31. The third-order valence-electron chi connectivity index (χ3n) is 4.48. The molecular weight excluding hydrogens is 266 g/mol. The van der Waals surface area contributed by atoms with E-state index >= 15 is 0 Å². The molecule has 0 bridgehead atoms. The molecule has 0 unspecified atom stereocenters. The van der Waals surface area contributed by atoms with Gasteiger partial charge in [0.05, 0.1) is 0 Å². The molecule has 1 fully saturated rings. The molecule has 1 aromatic carbocycles. The standard InChI is InChI=1S/C16H23N3O2/c17-9-11-2-1-3-14(11)16(20)19-13-4-5-15-12(8-13)10-18-6-7-21-15/h4-5,8,11,14,18H,1-3,6-7,9-10,17H2,(H,19,20)/t11-,14-/m1/s1. The number of amides is 1. The summed E-state index contributed by atoms with van der Waals surface area (Å²) >= 11 is 0. The van der Waals surface area contributed by atoms with Crippen molar-refractivity contribution in [2.75, 3.05) is 25.0 Å². The van der Waals surface area contributed by atoms with E-state index in [2.05, 4.69) is 10.6 Å². The van der Waals surface area contributed by atoms with Gasteiger partial charge in [-0.2, -0.15) is 0 Å². The van der Waals surface area contributed by atoms with Gasteiger partial charge >= 0.3 is 0 Å². The van der Waals surface area contributed by atoms with Gasteiger partial charge in [-0.25, -0.2) is 0 Å². The Kier molecular flexibility index (Phi) is 4.41. The smallest absolute Gasteiger partial charge is 0.227 e. The van der Waals surface area contributed by atoms with Gasteiger partial charge in [0.1, 0.15) is 12.4 Å². The third-order valence-corrected chi connectivity index (χ3v) is 4.48. The molecule has 0 spiro atoms. The van der Waals surface area contributed by atoms with Crippen molar-refractivity contribution in [3.8, 4) is 5.75 Å². The largest absolute Gasteiger partial charge is 0.492 e. The molecule has 1 amide bonds. The zero-order chi connectivity index (χ0) is 14.7. The first kappa shape index (κ1) is 14.4. The van der Waals surface area contributed by atoms with Crippen LogP contribution in [-0.4, -0.2) is 25.6 Å². The maximum Gasteiger partial charge on any atom is 0.227 e. The Balaban J connectivity index is 1.70. The number of nitrogens with one attached hydrogen (secondary N) is 2. The molecule has 0 aromatic heterocycles. The average molecular weight is 289 g/mol. The van der Waals surface area contributed by atoms with Crippen molar-refractivity contribution in [3.63, 3.8) is 0 Å². The fourth-order valence-electron chi connectivity index (χ4n) is 3.29. The summed E-state index contributed by atoms with van der Waals surface area (Å²) in [5.41, 5.74) is 7.69. The van der Waals surface area contributed by atoms with Gasteiger partial charge in [-0.3, -0.25) is 4.79 Å². The van der Waals surface area contributed by atoms with Crippen molar-refractivity contribution in [1.82, 2.24) is 5.32 Å². The van der Waals surface area contributed by atoms with Gasteiger partial charge in [-0.05, 0) is 43.5 Å². The lowest BCUT2D eigenvalue weighted by atomic mass is 9.95. The first-order valence-electron chi connectivity index (χ1n) is 7.75. The fraction of sp³-hybridized carbons (Fsp3) is 0.562. The lowest BCUT2D eigenvalue weighted by Gasteiger charge is -2.18. The van der Waals surface area contributed by atoms with E-state index in [0.29, 0.717) is 19.1 Å². The predicted octanol–water partition coefficient (Wildman–Crippen LogP) is 1.48. The molecule has 5 heteroatoms. The highest BCUT2D eigenvalue weighted by atomic mass is 16.5. The summed E-state index contributed by atoms with van der Waals surface area (Å²) < 4.78 is 5.65. The second kappa shape index (κ2) is 6.45. The molecule has 3 rings (SSSR count). The number of carbonyl (C=O) groups is 1. The molecule has 4 N–H and O–H groups in total. The van der Waals surface area contributed by atoms with E-state index in [-0.39, 0.29) is 11.8 Å². The van der Waals surface area contributed by atoms with Crippen LogP contribution in [0.5, 0.6) is 5.75 Å². The van der Waals surface area contributed by atoms with Crippen LogP contribution < -0.4 is 21.1 Å². The summed E-state index contributed by atoms with van der Waals surface area (Å²) in [5.74, 6) is 1.39. The zero-order valence-electron chi connectivity index (χ0n) is 12.2. The summed E-state index contributed by atoms with van der Waals surface area (Å²) in [7, 11) is 0. The lowest BCUT2D eigenvalue weighted by Crippen LogP contribution is -2.29. The summed E-state index contributed by atoms with van der Waals surface area (Å²) in [5, 5.41) is 6.34. The number of carbonyl (C=O) groups excluding carboxylic acids is 1. The monoisotopic (exact) mass is 289 g/mol. The summed E-state index contributed by atoms with van der Waals surface area (Å²) in [6, 6.07) is 5.85. The molecule has 1 aliphatic heterocycles. The maximum absolute atomic E-state index is 12.4. The van der Waals surface area contributed by atoms with E-state index in [9.17, 15) is 4.79 Å². The van der Waals surface area contributed by atoms with Crippen LogP contribution in [0.15, 0.2) is 18.2 Å². The summed E-state index contributed by atoms with van der Waals surface area (Å²) in [4.78, 5) is 12.4. The van der Waals surface area contributed by atoms with Crippen LogP contribution in [0, 0.1) is 11.8 Å². The van der Waals surface area contributed by atoms with Crippen LogP contribution >= 0.6 is 0 Å². The third kappa shape index (κ3) is 3.19. The number of hydrogen-bond donors (Lipinski definition) is 3. The Morgan fingerprint density at radius 2 is 2.33 bits per heavy atom. The van der Waals surface area contributed by atoms with Crippen LogP contribution in [-0.2, 0) is 11.3 Å². The van der Waals surface area contributed by atoms with Crippen molar-refractivity contribution in [3.05, 3.63) is 23.8 Å². The normalized spacial score (nSPS) is 24.8. The number of nitrogens with two attached hydrogens (primary N) is 1. The molecule has 0 radical (unpaired) electrons. The molecule has 21 heavy (non-hydrogen) atoms. The Morgan fingerprint density at radius 1 is 1.43 bits per heavy atom. The molecular formula is C16H23N3O2. The quantitative estimate of drug-likeness (QED) is 0.788. The Labute approximate surface area is 125 Å². The van der Waals surface area contributed by atoms with Crippen LogP contribution in [0.3, 0.4) is 0 Å². The second-order valence-corrected chi connectivity index (χ2v) is 5.87. The van der Waals surface area contributed by atoms with Gasteiger partial charge in [0, 0.05) is 30.3 Å². The molecule has 114 valence electrons. The van der Waals surface area contributed by atoms with Gasteiger partial charge in [0.15, 0.2) is 0 Å². The van der Waals surface area contributed by atoms with E-state index in [4.69, 9.17) is 10.5 Å². The van der Waals surface area contributed by atoms with E-state index in [1.165, 1.54) is 0 Å². The number of rotatable bonds is 3. The van der Waals surface area contributed by atoms with Crippen LogP contribution in [0.25, 0.3) is 0 Å². The number of ether oxygens (including phenoxy) is 1. The zero-order valence-corrected chi connectivity index (χ0v) is 12.2. The highest BCUT2D eigenvalue weighted by Crippen LogP contribution is 2.32. The summed E-state index contributed by atoms with van der Waals surface area (Å²) in [6.45, 7) is 2.89. The minimum absolute atomic E-state index is 0.0585. The van der Waals surface area contributed by atoms with Gasteiger partial charge < -0.3 is 21.1 Å². The Bertz CT molecular complexity index is 518. The Morgan fingerprint density at radius 3 is 3.19 bits per heavy atom. The van der Waals surface area contributed by atoms with Crippen LogP contribution in [0.1, 0.15) is 24.8 Å². The van der Waals surface area contributed by atoms with Crippen LogP contribution in [0.4, 0.5) is 5.69 Å². The molecule has 5 nitrogen and oxygen atoms in total. The minimum Gasteiger partial charge on any atom is -0.492 e. The van der Waals surface area contributed by atoms with Crippen molar-refractivity contribution >= 4 is 11.6 Å².